The van der Waals surface area contributed by atoms with Crippen LogP contribution in [0.4, 0.5) is 0 Å². The molecule has 8 heteroatoms. The zero-order valence-electron chi connectivity index (χ0n) is 14.5. The van der Waals surface area contributed by atoms with Gasteiger partial charge in [-0.1, -0.05) is 29.8 Å². The topological polar surface area (TPSA) is 49.9 Å². The monoisotopic (exact) mass is 416 g/mol. The Kier molecular flexibility index (Phi) is 7.32. The number of sulfonamides is 1. The van der Waals surface area contributed by atoms with Crippen molar-refractivity contribution in [1.29, 1.82) is 0 Å². The van der Waals surface area contributed by atoms with Crippen LogP contribution in [-0.2, 0) is 16.6 Å². The van der Waals surface area contributed by atoms with E-state index in [1.807, 2.05) is 24.3 Å². The SMILES string of the molecule is COc1ccc(CN2CCN(S(=O)(=O)c3cccc(Cl)c3)CC2)cc1.Cl. The number of ether oxygens (including phenoxy) is 1. The van der Waals surface area contributed by atoms with Crippen molar-refractivity contribution in [2.75, 3.05) is 33.3 Å². The molecule has 2 aromatic rings. The molecule has 0 aliphatic carbocycles. The van der Waals surface area contributed by atoms with E-state index in [9.17, 15) is 8.42 Å². The Hall–Kier alpha value is -1.31. The Morgan fingerprint density at radius 1 is 1.04 bits per heavy atom. The highest BCUT2D eigenvalue weighted by Gasteiger charge is 2.28. The summed E-state index contributed by atoms with van der Waals surface area (Å²) in [5, 5.41) is 0.430. The normalized spacial score (nSPS) is 16.1. The number of halogens is 2. The van der Waals surface area contributed by atoms with Crippen molar-refractivity contribution >= 4 is 34.0 Å². The summed E-state index contributed by atoms with van der Waals surface area (Å²) in [5.74, 6) is 0.834. The second kappa shape index (κ2) is 9.06. The van der Waals surface area contributed by atoms with Crippen molar-refractivity contribution in [1.82, 2.24) is 9.21 Å². The lowest BCUT2D eigenvalue weighted by molar-refractivity contribution is 0.181. The molecule has 0 bridgehead atoms. The third-order valence-corrected chi connectivity index (χ3v) is 6.46. The van der Waals surface area contributed by atoms with Gasteiger partial charge in [0.25, 0.3) is 0 Å². The molecule has 1 fully saturated rings. The molecule has 5 nitrogen and oxygen atoms in total. The smallest absolute Gasteiger partial charge is 0.243 e. The van der Waals surface area contributed by atoms with E-state index in [4.69, 9.17) is 16.3 Å². The van der Waals surface area contributed by atoms with Crippen LogP contribution >= 0.6 is 24.0 Å². The molecular weight excluding hydrogens is 395 g/mol. The van der Waals surface area contributed by atoms with Crippen molar-refractivity contribution in [3.63, 3.8) is 0 Å². The first kappa shape index (κ1) is 21.0. The van der Waals surface area contributed by atoms with Gasteiger partial charge in [-0.15, -0.1) is 12.4 Å². The molecule has 0 N–H and O–H groups in total. The van der Waals surface area contributed by atoms with Crippen LogP contribution in [0.1, 0.15) is 5.56 Å². The Bertz CT molecular complexity index is 821. The average Bonchev–Trinajstić information content (AvgIpc) is 2.63. The standard InChI is InChI=1S/C18H21ClN2O3S.ClH/c1-24-17-7-5-15(6-8-17)14-20-9-11-21(12-10-20)25(22,23)18-4-2-3-16(19)13-18;/h2-8,13H,9-12,14H2,1H3;1H. The van der Waals surface area contributed by atoms with E-state index in [0.29, 0.717) is 31.2 Å². The zero-order valence-corrected chi connectivity index (χ0v) is 16.9. The Balaban J connectivity index is 0.00000243. The molecule has 0 saturated carbocycles. The third kappa shape index (κ3) is 4.90. The Labute approximate surface area is 166 Å². The van der Waals surface area contributed by atoms with E-state index < -0.39 is 10.0 Å². The van der Waals surface area contributed by atoms with Gasteiger partial charge in [-0.2, -0.15) is 4.31 Å². The van der Waals surface area contributed by atoms with Gasteiger partial charge in [0.05, 0.1) is 12.0 Å². The van der Waals surface area contributed by atoms with Crippen molar-refractivity contribution in [2.24, 2.45) is 0 Å². The maximum absolute atomic E-state index is 12.7. The zero-order chi connectivity index (χ0) is 17.9. The van der Waals surface area contributed by atoms with E-state index in [1.165, 1.54) is 15.9 Å². The van der Waals surface area contributed by atoms with Crippen LogP contribution in [-0.4, -0.2) is 50.9 Å². The molecule has 1 aliphatic heterocycles. The first-order chi connectivity index (χ1) is 12.0. The highest BCUT2D eigenvalue weighted by atomic mass is 35.5. The van der Waals surface area contributed by atoms with Crippen molar-refractivity contribution in [3.05, 3.63) is 59.1 Å². The summed E-state index contributed by atoms with van der Waals surface area (Å²) >= 11 is 5.92. The second-order valence-corrected chi connectivity index (χ2v) is 8.36. The Morgan fingerprint density at radius 2 is 1.69 bits per heavy atom. The van der Waals surface area contributed by atoms with Gasteiger partial charge in [0, 0.05) is 37.7 Å². The molecule has 0 radical (unpaired) electrons. The van der Waals surface area contributed by atoms with Gasteiger partial charge in [0.1, 0.15) is 5.75 Å². The fourth-order valence-electron chi connectivity index (χ4n) is 2.89. The van der Waals surface area contributed by atoms with Gasteiger partial charge in [0.2, 0.25) is 10.0 Å². The highest BCUT2D eigenvalue weighted by Crippen LogP contribution is 2.21. The number of nitrogens with zero attached hydrogens (tertiary/aromatic N) is 2. The minimum atomic E-state index is -3.48. The van der Waals surface area contributed by atoms with Crippen LogP contribution < -0.4 is 4.74 Å². The molecule has 26 heavy (non-hydrogen) atoms. The quantitative estimate of drug-likeness (QED) is 0.750. The average molecular weight is 417 g/mol. The van der Waals surface area contributed by atoms with Crippen molar-refractivity contribution in [2.45, 2.75) is 11.4 Å². The van der Waals surface area contributed by atoms with E-state index in [0.717, 1.165) is 12.3 Å². The lowest BCUT2D eigenvalue weighted by Gasteiger charge is -2.34. The molecule has 1 heterocycles. The van der Waals surface area contributed by atoms with Gasteiger partial charge in [-0.3, -0.25) is 4.90 Å². The molecule has 1 saturated heterocycles. The molecule has 1 aliphatic rings. The number of benzene rings is 2. The molecule has 0 aromatic heterocycles. The third-order valence-electron chi connectivity index (χ3n) is 4.33. The van der Waals surface area contributed by atoms with Crippen LogP contribution in [0.25, 0.3) is 0 Å². The van der Waals surface area contributed by atoms with Crippen LogP contribution in [0.2, 0.25) is 5.02 Å². The number of hydrogen-bond acceptors (Lipinski definition) is 4. The largest absolute Gasteiger partial charge is 0.497 e. The predicted octanol–water partition coefficient (Wildman–Crippen LogP) is 3.28. The fourth-order valence-corrected chi connectivity index (χ4v) is 4.62. The molecule has 0 atom stereocenters. The van der Waals surface area contributed by atoms with Crippen LogP contribution in [0.3, 0.4) is 0 Å². The first-order valence-corrected chi connectivity index (χ1v) is 9.92. The number of methoxy groups -OCH3 is 1. The van der Waals surface area contributed by atoms with Gasteiger partial charge >= 0.3 is 0 Å². The Morgan fingerprint density at radius 3 is 2.27 bits per heavy atom. The number of rotatable bonds is 5. The fraction of sp³-hybridized carbons (Fsp3) is 0.333. The van der Waals surface area contributed by atoms with E-state index >= 15 is 0 Å². The lowest BCUT2D eigenvalue weighted by atomic mass is 10.2. The van der Waals surface area contributed by atoms with E-state index in [2.05, 4.69) is 4.90 Å². The minimum Gasteiger partial charge on any atom is -0.497 e. The summed E-state index contributed by atoms with van der Waals surface area (Å²) in [6.45, 7) is 3.16. The molecule has 2 aromatic carbocycles. The summed E-state index contributed by atoms with van der Waals surface area (Å²) in [7, 11) is -1.84. The van der Waals surface area contributed by atoms with Gasteiger partial charge < -0.3 is 4.74 Å². The first-order valence-electron chi connectivity index (χ1n) is 8.10. The summed E-state index contributed by atoms with van der Waals surface area (Å²) in [5.41, 5.74) is 1.19. The van der Waals surface area contributed by atoms with Crippen LogP contribution in [0.15, 0.2) is 53.4 Å². The van der Waals surface area contributed by atoms with Crippen LogP contribution in [0.5, 0.6) is 5.75 Å². The lowest BCUT2D eigenvalue weighted by Crippen LogP contribution is -2.48. The maximum Gasteiger partial charge on any atom is 0.243 e. The molecule has 0 spiro atoms. The molecular formula is C18H22Cl2N2O3S. The summed E-state index contributed by atoms with van der Waals surface area (Å²) in [6, 6.07) is 14.4. The van der Waals surface area contributed by atoms with E-state index in [-0.39, 0.29) is 17.3 Å². The maximum atomic E-state index is 12.7. The van der Waals surface area contributed by atoms with E-state index in [1.54, 1.807) is 25.3 Å². The van der Waals surface area contributed by atoms with Gasteiger partial charge in [0.15, 0.2) is 0 Å². The van der Waals surface area contributed by atoms with Crippen molar-refractivity contribution < 1.29 is 13.2 Å². The predicted molar refractivity (Wildman–Crippen MR) is 106 cm³/mol. The second-order valence-electron chi connectivity index (χ2n) is 5.99. The molecule has 0 unspecified atom stereocenters. The summed E-state index contributed by atoms with van der Waals surface area (Å²) in [4.78, 5) is 2.51. The summed E-state index contributed by atoms with van der Waals surface area (Å²) < 4.78 is 32.1. The molecule has 0 amide bonds. The van der Waals surface area contributed by atoms with Crippen LogP contribution in [0, 0.1) is 0 Å². The number of piperazine rings is 1. The molecule has 3 rings (SSSR count). The summed E-state index contributed by atoms with van der Waals surface area (Å²) in [6.07, 6.45) is 0. The van der Waals surface area contributed by atoms with Crippen molar-refractivity contribution in [3.8, 4) is 5.75 Å². The van der Waals surface area contributed by atoms with Gasteiger partial charge in [-0.25, -0.2) is 8.42 Å². The highest BCUT2D eigenvalue weighted by molar-refractivity contribution is 7.89. The number of hydrogen-bond donors (Lipinski definition) is 0. The van der Waals surface area contributed by atoms with Gasteiger partial charge in [-0.05, 0) is 35.9 Å². The molecule has 142 valence electrons. The minimum absolute atomic E-state index is 0.